The van der Waals surface area contributed by atoms with Gasteiger partial charge in [-0.2, -0.15) is 0 Å². The molecule has 2 aromatic rings. The van der Waals surface area contributed by atoms with Crippen molar-refractivity contribution in [1.82, 2.24) is 9.55 Å². The number of hydrogen-bond acceptors (Lipinski definition) is 2. The zero-order valence-electron chi connectivity index (χ0n) is 9.87. The van der Waals surface area contributed by atoms with Crippen LogP contribution in [-0.4, -0.2) is 14.5 Å². The Morgan fingerprint density at radius 1 is 1.44 bits per heavy atom. The number of hydrogen-bond donors (Lipinski definition) is 1. The lowest BCUT2D eigenvalue weighted by Crippen LogP contribution is -2.12. The highest BCUT2D eigenvalue weighted by atomic mass is 79.9. The molecule has 0 radical (unpaired) electrons. The molecule has 2 rings (SSSR count). The lowest BCUT2D eigenvalue weighted by atomic mass is 10.2. The summed E-state index contributed by atoms with van der Waals surface area (Å²) in [6.07, 6.45) is 1.59. The number of rotatable bonds is 2. The van der Waals surface area contributed by atoms with Crippen molar-refractivity contribution < 1.29 is 4.39 Å². The van der Waals surface area contributed by atoms with E-state index in [1.807, 2.05) is 13.8 Å². The summed E-state index contributed by atoms with van der Waals surface area (Å²) in [4.78, 5) is 4.31. The first-order valence-electron chi connectivity index (χ1n) is 5.22. The van der Waals surface area contributed by atoms with Crippen molar-refractivity contribution in [1.29, 1.82) is 0 Å². The van der Waals surface area contributed by atoms with Gasteiger partial charge in [0, 0.05) is 11.3 Å². The minimum atomic E-state index is -0.402. The van der Waals surface area contributed by atoms with E-state index in [9.17, 15) is 4.39 Å². The molecular formula is C12H11BrFN3S. The van der Waals surface area contributed by atoms with E-state index in [0.29, 0.717) is 11.3 Å². The molecule has 1 aromatic heterocycles. The highest BCUT2D eigenvalue weighted by Crippen LogP contribution is 2.27. The van der Waals surface area contributed by atoms with Crippen LogP contribution in [0.2, 0.25) is 0 Å². The molecule has 0 spiro atoms. The molecule has 3 nitrogen and oxygen atoms in total. The number of aromatic nitrogens is 2. The SMILES string of the molecule is Cc1ncn(-c2ccc(C(N)=S)c(Br)c2F)c1C. The predicted octanol–water partition coefficient (Wildman–Crippen LogP) is 3.02. The molecular weight excluding hydrogens is 317 g/mol. The van der Waals surface area contributed by atoms with Gasteiger partial charge in [-0.1, -0.05) is 12.2 Å². The number of thiocarbonyl (C=S) groups is 1. The minimum absolute atomic E-state index is 0.158. The largest absolute Gasteiger partial charge is 0.389 e. The topological polar surface area (TPSA) is 43.8 Å². The van der Waals surface area contributed by atoms with E-state index in [0.717, 1.165) is 11.4 Å². The first-order valence-corrected chi connectivity index (χ1v) is 6.42. The zero-order chi connectivity index (χ0) is 13.4. The fourth-order valence-electron chi connectivity index (χ4n) is 1.66. The first-order chi connectivity index (χ1) is 8.43. The zero-order valence-corrected chi connectivity index (χ0v) is 12.3. The van der Waals surface area contributed by atoms with E-state index in [4.69, 9.17) is 18.0 Å². The van der Waals surface area contributed by atoms with Crippen molar-refractivity contribution in [3.8, 4) is 5.69 Å². The maximum absolute atomic E-state index is 14.3. The van der Waals surface area contributed by atoms with Crippen LogP contribution in [-0.2, 0) is 0 Å². The van der Waals surface area contributed by atoms with Crippen molar-refractivity contribution >= 4 is 33.1 Å². The molecule has 0 aliphatic rings. The average molecular weight is 328 g/mol. The standard InChI is InChI=1S/C12H11BrFN3S/c1-6-7(2)17(5-16-6)9-4-3-8(12(15)18)10(13)11(9)14/h3-5H,1-2H3,(H2,15,18). The summed E-state index contributed by atoms with van der Waals surface area (Å²) < 4.78 is 16.3. The quantitative estimate of drug-likeness (QED) is 0.862. The summed E-state index contributed by atoms with van der Waals surface area (Å²) >= 11 is 8.05. The van der Waals surface area contributed by atoms with Crippen LogP contribution in [0.1, 0.15) is 17.0 Å². The van der Waals surface area contributed by atoms with Gasteiger partial charge >= 0.3 is 0 Å². The molecule has 0 aliphatic carbocycles. The minimum Gasteiger partial charge on any atom is -0.389 e. The second kappa shape index (κ2) is 4.78. The van der Waals surface area contributed by atoms with E-state index in [2.05, 4.69) is 20.9 Å². The lowest BCUT2D eigenvalue weighted by molar-refractivity contribution is 0.610. The van der Waals surface area contributed by atoms with Crippen LogP contribution < -0.4 is 5.73 Å². The van der Waals surface area contributed by atoms with Gasteiger partial charge in [0.1, 0.15) is 4.99 Å². The molecule has 1 heterocycles. The van der Waals surface area contributed by atoms with Crippen LogP contribution in [0.4, 0.5) is 4.39 Å². The van der Waals surface area contributed by atoms with E-state index < -0.39 is 5.82 Å². The van der Waals surface area contributed by atoms with Gasteiger partial charge in [-0.05, 0) is 41.9 Å². The Kier molecular flexibility index (Phi) is 3.49. The molecule has 0 atom stereocenters. The van der Waals surface area contributed by atoms with Crippen molar-refractivity contribution in [3.63, 3.8) is 0 Å². The highest BCUT2D eigenvalue weighted by molar-refractivity contribution is 9.10. The molecule has 0 unspecified atom stereocenters. The number of imidazole rings is 1. The van der Waals surface area contributed by atoms with E-state index in [-0.39, 0.29) is 9.46 Å². The third-order valence-corrected chi connectivity index (χ3v) is 3.83. The third kappa shape index (κ3) is 2.06. The van der Waals surface area contributed by atoms with Crippen LogP contribution >= 0.6 is 28.1 Å². The van der Waals surface area contributed by atoms with Gasteiger partial charge in [0.05, 0.1) is 22.2 Å². The Hall–Kier alpha value is -1.27. The summed E-state index contributed by atoms with van der Waals surface area (Å²) in [6.45, 7) is 3.76. The monoisotopic (exact) mass is 327 g/mol. The van der Waals surface area contributed by atoms with Crippen molar-refractivity contribution in [2.24, 2.45) is 5.73 Å². The lowest BCUT2D eigenvalue weighted by Gasteiger charge is -2.11. The molecule has 1 aromatic carbocycles. The summed E-state index contributed by atoms with van der Waals surface area (Å²) in [6, 6.07) is 3.34. The molecule has 2 N–H and O–H groups in total. The Labute approximate surface area is 118 Å². The predicted molar refractivity (Wildman–Crippen MR) is 76.6 cm³/mol. The van der Waals surface area contributed by atoms with Crippen LogP contribution in [0.15, 0.2) is 22.9 Å². The van der Waals surface area contributed by atoms with Crippen molar-refractivity contribution in [2.45, 2.75) is 13.8 Å². The molecule has 6 heteroatoms. The Balaban J connectivity index is 2.64. The Morgan fingerprint density at radius 2 is 2.11 bits per heavy atom. The van der Waals surface area contributed by atoms with E-state index in [1.54, 1.807) is 23.0 Å². The number of nitrogens with zero attached hydrogens (tertiary/aromatic N) is 2. The normalized spacial score (nSPS) is 10.7. The van der Waals surface area contributed by atoms with Gasteiger partial charge in [-0.15, -0.1) is 0 Å². The van der Waals surface area contributed by atoms with Gasteiger partial charge in [0.2, 0.25) is 0 Å². The molecule has 0 saturated carbocycles. The Bertz CT molecular complexity index is 636. The van der Waals surface area contributed by atoms with Crippen molar-refractivity contribution in [3.05, 3.63) is 45.7 Å². The van der Waals surface area contributed by atoms with Crippen LogP contribution in [0.25, 0.3) is 5.69 Å². The van der Waals surface area contributed by atoms with Crippen LogP contribution in [0, 0.1) is 19.7 Å². The fraction of sp³-hybridized carbons (Fsp3) is 0.167. The summed E-state index contributed by atoms with van der Waals surface area (Å²) in [7, 11) is 0. The Morgan fingerprint density at radius 3 is 2.61 bits per heavy atom. The summed E-state index contributed by atoms with van der Waals surface area (Å²) in [5.41, 5.74) is 8.18. The maximum atomic E-state index is 14.3. The second-order valence-electron chi connectivity index (χ2n) is 3.91. The summed E-state index contributed by atoms with van der Waals surface area (Å²) in [5, 5.41) is 0. The second-order valence-corrected chi connectivity index (χ2v) is 5.14. The van der Waals surface area contributed by atoms with Gasteiger partial charge in [0.15, 0.2) is 5.82 Å². The van der Waals surface area contributed by atoms with Crippen molar-refractivity contribution in [2.75, 3.05) is 0 Å². The number of nitrogens with two attached hydrogens (primary N) is 1. The molecule has 0 fully saturated rings. The fourth-order valence-corrected chi connectivity index (χ4v) is 2.51. The number of aryl methyl sites for hydroxylation is 1. The highest BCUT2D eigenvalue weighted by Gasteiger charge is 2.15. The molecule has 0 aliphatic heterocycles. The van der Waals surface area contributed by atoms with Gasteiger partial charge in [0.25, 0.3) is 0 Å². The number of halogens is 2. The van der Waals surface area contributed by atoms with Gasteiger partial charge in [-0.3, -0.25) is 0 Å². The third-order valence-electron chi connectivity index (χ3n) is 2.84. The average Bonchev–Trinajstić information content (AvgIpc) is 2.63. The smallest absolute Gasteiger partial charge is 0.162 e. The number of benzene rings is 1. The van der Waals surface area contributed by atoms with Crippen LogP contribution in [0.5, 0.6) is 0 Å². The molecule has 18 heavy (non-hydrogen) atoms. The molecule has 0 bridgehead atoms. The molecule has 94 valence electrons. The van der Waals surface area contributed by atoms with Crippen LogP contribution in [0.3, 0.4) is 0 Å². The summed E-state index contributed by atoms with van der Waals surface area (Å²) in [5.74, 6) is -0.402. The van der Waals surface area contributed by atoms with E-state index in [1.165, 1.54) is 0 Å². The maximum Gasteiger partial charge on any atom is 0.162 e. The van der Waals surface area contributed by atoms with Gasteiger partial charge in [-0.25, -0.2) is 9.37 Å². The van der Waals surface area contributed by atoms with E-state index >= 15 is 0 Å². The molecule has 0 amide bonds. The first kappa shape index (κ1) is 13.2. The molecule has 0 saturated heterocycles. The van der Waals surface area contributed by atoms with Gasteiger partial charge < -0.3 is 10.3 Å².